The molecule has 0 radical (unpaired) electrons. The summed E-state index contributed by atoms with van der Waals surface area (Å²) in [6, 6.07) is 11.8. The van der Waals surface area contributed by atoms with E-state index in [4.69, 9.17) is 0 Å². The second-order valence-corrected chi connectivity index (χ2v) is 6.69. The number of rotatable bonds is 3. The summed E-state index contributed by atoms with van der Waals surface area (Å²) in [5, 5.41) is 7.16. The van der Waals surface area contributed by atoms with Gasteiger partial charge < -0.3 is 5.32 Å². The van der Waals surface area contributed by atoms with Crippen LogP contribution in [0.3, 0.4) is 0 Å². The third-order valence-corrected chi connectivity index (χ3v) is 4.43. The van der Waals surface area contributed by atoms with Gasteiger partial charge in [-0.25, -0.2) is 9.07 Å². The molecule has 4 nitrogen and oxygen atoms in total. The lowest BCUT2D eigenvalue weighted by atomic mass is 10.2. The number of amides is 1. The van der Waals surface area contributed by atoms with Crippen molar-refractivity contribution in [1.82, 2.24) is 9.78 Å². The lowest BCUT2D eigenvalue weighted by molar-refractivity contribution is 0.102. The van der Waals surface area contributed by atoms with Gasteiger partial charge in [-0.15, -0.1) is 0 Å². The summed E-state index contributed by atoms with van der Waals surface area (Å²) in [4.78, 5) is 12.5. The molecule has 1 heterocycles. The van der Waals surface area contributed by atoms with Gasteiger partial charge in [-0.1, -0.05) is 0 Å². The van der Waals surface area contributed by atoms with Gasteiger partial charge in [-0.05, 0) is 84.5 Å². The molecule has 0 aliphatic heterocycles. The van der Waals surface area contributed by atoms with E-state index in [2.05, 4.69) is 33.0 Å². The number of nitrogens with one attached hydrogen (secondary N) is 1. The lowest BCUT2D eigenvalue weighted by Gasteiger charge is -2.09. The molecular formula is C18H15FIN3O. The Morgan fingerprint density at radius 1 is 1.17 bits per heavy atom. The Labute approximate surface area is 152 Å². The van der Waals surface area contributed by atoms with Crippen LogP contribution in [-0.4, -0.2) is 15.7 Å². The Morgan fingerprint density at radius 2 is 1.88 bits per heavy atom. The van der Waals surface area contributed by atoms with E-state index in [1.165, 1.54) is 18.3 Å². The molecule has 0 atom stereocenters. The Balaban J connectivity index is 1.87. The maximum atomic E-state index is 13.1. The highest BCUT2D eigenvalue weighted by Crippen LogP contribution is 2.20. The minimum Gasteiger partial charge on any atom is -0.322 e. The van der Waals surface area contributed by atoms with Gasteiger partial charge in [0.05, 0.1) is 23.1 Å². The second-order valence-electron chi connectivity index (χ2n) is 5.45. The minimum absolute atomic E-state index is 0.217. The molecule has 122 valence electrons. The normalized spacial score (nSPS) is 10.7. The molecule has 1 aromatic heterocycles. The van der Waals surface area contributed by atoms with Gasteiger partial charge >= 0.3 is 0 Å². The number of aryl methyl sites for hydroxylation is 1. The van der Waals surface area contributed by atoms with Crippen LogP contribution in [0.2, 0.25) is 0 Å². The molecule has 1 amide bonds. The summed E-state index contributed by atoms with van der Waals surface area (Å²) < 4.78 is 15.8. The van der Waals surface area contributed by atoms with Crippen LogP contribution in [0.15, 0.2) is 48.7 Å². The maximum Gasteiger partial charge on any atom is 0.259 e. The fourth-order valence-electron chi connectivity index (χ4n) is 2.43. The predicted molar refractivity (Wildman–Crippen MR) is 100 cm³/mol. The highest BCUT2D eigenvalue weighted by Gasteiger charge is 2.16. The van der Waals surface area contributed by atoms with Crippen LogP contribution in [-0.2, 0) is 0 Å². The van der Waals surface area contributed by atoms with Crippen LogP contribution in [0.5, 0.6) is 0 Å². The Hall–Kier alpha value is -2.22. The van der Waals surface area contributed by atoms with Crippen molar-refractivity contribution < 1.29 is 9.18 Å². The number of anilines is 1. The molecule has 0 fully saturated rings. The summed E-state index contributed by atoms with van der Waals surface area (Å²) in [6.45, 7) is 3.76. The summed E-state index contributed by atoms with van der Waals surface area (Å²) in [5.41, 5.74) is 3.66. The average Bonchev–Trinajstić information content (AvgIpc) is 2.92. The molecule has 1 N–H and O–H groups in total. The quantitative estimate of drug-likeness (QED) is 0.617. The molecule has 0 unspecified atom stereocenters. The molecular weight excluding hydrogens is 420 g/mol. The largest absolute Gasteiger partial charge is 0.322 e. The monoisotopic (exact) mass is 435 g/mol. The second kappa shape index (κ2) is 6.72. The fraction of sp³-hybridized carbons (Fsp3) is 0.111. The van der Waals surface area contributed by atoms with Crippen LogP contribution >= 0.6 is 22.6 Å². The number of halogens is 2. The third kappa shape index (κ3) is 3.33. The van der Waals surface area contributed by atoms with Crippen LogP contribution < -0.4 is 5.32 Å². The summed E-state index contributed by atoms with van der Waals surface area (Å²) in [5.74, 6) is -0.527. The standard InChI is InChI=1S/C18H15FIN3O/c1-11-9-14(20)5-8-17(11)22-18(24)16-10-21-23(12(16)2)15-6-3-13(19)4-7-15/h3-10H,1-2H3,(H,22,24). The summed E-state index contributed by atoms with van der Waals surface area (Å²) >= 11 is 2.23. The SMILES string of the molecule is Cc1cc(I)ccc1NC(=O)c1cnn(-c2ccc(F)cc2)c1C. The van der Waals surface area contributed by atoms with Crippen molar-refractivity contribution in [3.05, 3.63) is 74.9 Å². The van der Waals surface area contributed by atoms with Gasteiger partial charge in [0.25, 0.3) is 5.91 Å². The molecule has 0 bridgehead atoms. The van der Waals surface area contributed by atoms with Crippen molar-refractivity contribution in [2.45, 2.75) is 13.8 Å². The number of hydrogen-bond acceptors (Lipinski definition) is 2. The molecule has 0 spiro atoms. The highest BCUT2D eigenvalue weighted by atomic mass is 127. The van der Waals surface area contributed by atoms with Gasteiger partial charge in [-0.2, -0.15) is 5.10 Å². The number of benzene rings is 2. The number of carbonyl (C=O) groups is 1. The fourth-order valence-corrected chi connectivity index (χ4v) is 3.08. The Morgan fingerprint density at radius 3 is 2.54 bits per heavy atom. The molecule has 0 aliphatic carbocycles. The summed E-state index contributed by atoms with van der Waals surface area (Å²) in [6.07, 6.45) is 1.52. The van der Waals surface area contributed by atoms with E-state index in [1.54, 1.807) is 16.8 Å². The molecule has 3 aromatic rings. The van der Waals surface area contributed by atoms with E-state index in [-0.39, 0.29) is 11.7 Å². The first-order chi connectivity index (χ1) is 11.5. The number of nitrogens with zero attached hydrogens (tertiary/aromatic N) is 2. The topological polar surface area (TPSA) is 46.9 Å². The van der Waals surface area contributed by atoms with Crippen LogP contribution in [0.1, 0.15) is 21.6 Å². The molecule has 2 aromatic carbocycles. The zero-order valence-corrected chi connectivity index (χ0v) is 15.3. The lowest BCUT2D eigenvalue weighted by Crippen LogP contribution is -2.14. The van der Waals surface area contributed by atoms with Gasteiger partial charge in [-0.3, -0.25) is 4.79 Å². The third-order valence-electron chi connectivity index (χ3n) is 3.76. The van der Waals surface area contributed by atoms with Crippen molar-refractivity contribution in [3.8, 4) is 5.69 Å². The zero-order valence-electron chi connectivity index (χ0n) is 13.2. The Bertz CT molecular complexity index is 903. The van der Waals surface area contributed by atoms with Crippen molar-refractivity contribution in [3.63, 3.8) is 0 Å². The average molecular weight is 435 g/mol. The first-order valence-corrected chi connectivity index (χ1v) is 8.41. The van der Waals surface area contributed by atoms with Gasteiger partial charge in [0.1, 0.15) is 5.82 Å². The number of hydrogen-bond donors (Lipinski definition) is 1. The van der Waals surface area contributed by atoms with Crippen molar-refractivity contribution in [2.75, 3.05) is 5.32 Å². The van der Waals surface area contributed by atoms with Gasteiger partial charge in [0, 0.05) is 9.26 Å². The molecule has 3 rings (SSSR count). The molecule has 24 heavy (non-hydrogen) atoms. The summed E-state index contributed by atoms with van der Waals surface area (Å²) in [7, 11) is 0. The van der Waals surface area contributed by atoms with Crippen molar-refractivity contribution in [2.24, 2.45) is 0 Å². The molecule has 6 heteroatoms. The van der Waals surface area contributed by atoms with E-state index < -0.39 is 0 Å². The first-order valence-electron chi connectivity index (χ1n) is 7.34. The smallest absolute Gasteiger partial charge is 0.259 e. The molecule has 0 saturated heterocycles. The first kappa shape index (κ1) is 16.6. The number of carbonyl (C=O) groups excluding carboxylic acids is 1. The van der Waals surface area contributed by atoms with E-state index >= 15 is 0 Å². The van der Waals surface area contributed by atoms with E-state index in [0.717, 1.165) is 14.8 Å². The maximum absolute atomic E-state index is 13.1. The van der Waals surface area contributed by atoms with Crippen LogP contribution in [0.25, 0.3) is 5.69 Å². The van der Waals surface area contributed by atoms with Crippen LogP contribution in [0.4, 0.5) is 10.1 Å². The molecule has 0 aliphatic rings. The highest BCUT2D eigenvalue weighted by molar-refractivity contribution is 14.1. The minimum atomic E-state index is -0.310. The van der Waals surface area contributed by atoms with Crippen LogP contribution in [0, 0.1) is 23.2 Å². The van der Waals surface area contributed by atoms with E-state index in [9.17, 15) is 9.18 Å². The van der Waals surface area contributed by atoms with Crippen molar-refractivity contribution in [1.29, 1.82) is 0 Å². The predicted octanol–water partition coefficient (Wildman–Crippen LogP) is 4.49. The van der Waals surface area contributed by atoms with E-state index in [0.29, 0.717) is 16.9 Å². The van der Waals surface area contributed by atoms with E-state index in [1.807, 2.05) is 32.0 Å². The van der Waals surface area contributed by atoms with Gasteiger partial charge in [0.2, 0.25) is 0 Å². The Kier molecular flexibility index (Phi) is 4.66. The zero-order chi connectivity index (χ0) is 17.3. The number of aromatic nitrogens is 2. The van der Waals surface area contributed by atoms with Crippen molar-refractivity contribution >= 4 is 34.2 Å². The molecule has 0 saturated carbocycles. The van der Waals surface area contributed by atoms with Gasteiger partial charge in [0.15, 0.2) is 0 Å².